The first kappa shape index (κ1) is 12.5. The van der Waals surface area contributed by atoms with Crippen LogP contribution in [0.1, 0.15) is 40.0 Å². The standard InChI is InChI=1S/C12H23NO2/c1-4-15-8-12(14)13-11-7-5-6-9(2)10(11)3/h9-11H,4-8H2,1-3H3,(H,13,14). The molecule has 0 aromatic heterocycles. The van der Waals surface area contributed by atoms with Gasteiger partial charge in [0.15, 0.2) is 0 Å². The van der Waals surface area contributed by atoms with Crippen molar-refractivity contribution in [3.8, 4) is 0 Å². The van der Waals surface area contributed by atoms with Gasteiger partial charge in [0.1, 0.15) is 6.61 Å². The normalized spacial score (nSPS) is 31.3. The lowest BCUT2D eigenvalue weighted by Crippen LogP contribution is -2.45. The van der Waals surface area contributed by atoms with Crippen LogP contribution in [0.25, 0.3) is 0 Å². The molecule has 3 heteroatoms. The topological polar surface area (TPSA) is 38.3 Å². The average molecular weight is 213 g/mol. The summed E-state index contributed by atoms with van der Waals surface area (Å²) in [6.45, 7) is 7.21. The van der Waals surface area contributed by atoms with Gasteiger partial charge in [-0.3, -0.25) is 4.79 Å². The highest BCUT2D eigenvalue weighted by Gasteiger charge is 2.27. The maximum Gasteiger partial charge on any atom is 0.246 e. The molecule has 0 aromatic carbocycles. The van der Waals surface area contributed by atoms with Gasteiger partial charge in [-0.2, -0.15) is 0 Å². The minimum Gasteiger partial charge on any atom is -0.372 e. The van der Waals surface area contributed by atoms with Crippen LogP contribution in [-0.4, -0.2) is 25.2 Å². The summed E-state index contributed by atoms with van der Waals surface area (Å²) in [4.78, 5) is 11.5. The van der Waals surface area contributed by atoms with Gasteiger partial charge in [-0.1, -0.05) is 26.7 Å². The van der Waals surface area contributed by atoms with Crippen LogP contribution in [0, 0.1) is 11.8 Å². The summed E-state index contributed by atoms with van der Waals surface area (Å²) in [5.74, 6) is 1.34. The van der Waals surface area contributed by atoms with E-state index in [9.17, 15) is 4.79 Å². The molecule has 1 aliphatic carbocycles. The molecule has 0 aromatic rings. The van der Waals surface area contributed by atoms with Crippen LogP contribution in [0.5, 0.6) is 0 Å². The lowest BCUT2D eigenvalue weighted by atomic mass is 9.78. The van der Waals surface area contributed by atoms with E-state index in [4.69, 9.17) is 4.74 Å². The lowest BCUT2D eigenvalue weighted by molar-refractivity contribution is -0.127. The Kier molecular flexibility index (Phi) is 5.09. The number of ether oxygens (including phenoxy) is 1. The van der Waals surface area contributed by atoms with Crippen molar-refractivity contribution in [2.45, 2.75) is 46.1 Å². The van der Waals surface area contributed by atoms with Crippen molar-refractivity contribution in [3.63, 3.8) is 0 Å². The van der Waals surface area contributed by atoms with Crippen LogP contribution >= 0.6 is 0 Å². The van der Waals surface area contributed by atoms with Crippen molar-refractivity contribution in [1.82, 2.24) is 5.32 Å². The minimum absolute atomic E-state index is 0.0304. The van der Waals surface area contributed by atoms with Crippen LogP contribution in [0.4, 0.5) is 0 Å². The first-order valence-electron chi connectivity index (χ1n) is 6.02. The molecule has 0 spiro atoms. The molecule has 3 nitrogen and oxygen atoms in total. The Labute approximate surface area is 92.6 Å². The predicted molar refractivity (Wildman–Crippen MR) is 60.6 cm³/mol. The number of carbonyl (C=O) groups is 1. The molecular weight excluding hydrogens is 190 g/mol. The fourth-order valence-corrected chi connectivity index (χ4v) is 2.23. The van der Waals surface area contributed by atoms with E-state index in [-0.39, 0.29) is 12.5 Å². The van der Waals surface area contributed by atoms with Crippen LogP contribution in [0.2, 0.25) is 0 Å². The van der Waals surface area contributed by atoms with Gasteiger partial charge in [-0.05, 0) is 25.2 Å². The van der Waals surface area contributed by atoms with E-state index in [2.05, 4.69) is 19.2 Å². The van der Waals surface area contributed by atoms with Crippen LogP contribution in [-0.2, 0) is 9.53 Å². The number of hydrogen-bond acceptors (Lipinski definition) is 2. The van der Waals surface area contributed by atoms with Crippen molar-refractivity contribution in [1.29, 1.82) is 0 Å². The Morgan fingerprint density at radius 3 is 2.80 bits per heavy atom. The summed E-state index contributed by atoms with van der Waals surface area (Å²) in [6.07, 6.45) is 3.63. The van der Waals surface area contributed by atoms with Gasteiger partial charge in [0.05, 0.1) is 0 Å². The molecular formula is C12H23NO2. The van der Waals surface area contributed by atoms with Gasteiger partial charge < -0.3 is 10.1 Å². The molecule has 0 radical (unpaired) electrons. The maximum absolute atomic E-state index is 11.5. The Bertz CT molecular complexity index is 206. The minimum atomic E-state index is 0.0304. The van der Waals surface area contributed by atoms with Crippen molar-refractivity contribution < 1.29 is 9.53 Å². The first-order valence-corrected chi connectivity index (χ1v) is 6.02. The molecule has 0 heterocycles. The Morgan fingerprint density at radius 1 is 1.40 bits per heavy atom. The highest BCUT2D eigenvalue weighted by molar-refractivity contribution is 5.77. The molecule has 3 unspecified atom stereocenters. The van der Waals surface area contributed by atoms with Crippen LogP contribution in [0.15, 0.2) is 0 Å². The van der Waals surface area contributed by atoms with Crippen molar-refractivity contribution in [2.75, 3.05) is 13.2 Å². The smallest absolute Gasteiger partial charge is 0.246 e. The summed E-state index contributed by atoms with van der Waals surface area (Å²) in [5.41, 5.74) is 0. The van der Waals surface area contributed by atoms with Crippen molar-refractivity contribution >= 4 is 5.91 Å². The van der Waals surface area contributed by atoms with E-state index in [0.717, 1.165) is 12.3 Å². The second-order valence-corrected chi connectivity index (χ2v) is 4.58. The fourth-order valence-electron chi connectivity index (χ4n) is 2.23. The number of carbonyl (C=O) groups excluding carboxylic acids is 1. The quantitative estimate of drug-likeness (QED) is 0.775. The number of hydrogen-bond donors (Lipinski definition) is 1. The SMILES string of the molecule is CCOCC(=O)NC1CCCC(C)C1C. The van der Waals surface area contributed by atoms with Gasteiger partial charge in [0.25, 0.3) is 0 Å². The highest BCUT2D eigenvalue weighted by atomic mass is 16.5. The largest absolute Gasteiger partial charge is 0.372 e. The van der Waals surface area contributed by atoms with E-state index in [1.54, 1.807) is 0 Å². The monoisotopic (exact) mass is 213 g/mol. The molecule has 15 heavy (non-hydrogen) atoms. The Hall–Kier alpha value is -0.570. The highest BCUT2D eigenvalue weighted by Crippen LogP contribution is 2.29. The zero-order chi connectivity index (χ0) is 11.3. The number of rotatable bonds is 4. The summed E-state index contributed by atoms with van der Waals surface area (Å²) in [7, 11) is 0. The molecule has 3 atom stereocenters. The first-order chi connectivity index (χ1) is 7.15. The summed E-state index contributed by atoms with van der Waals surface area (Å²) in [6, 6.07) is 0.349. The average Bonchev–Trinajstić information content (AvgIpc) is 2.22. The van der Waals surface area contributed by atoms with Crippen molar-refractivity contribution in [3.05, 3.63) is 0 Å². The molecule has 0 aliphatic heterocycles. The molecule has 1 N–H and O–H groups in total. The van der Waals surface area contributed by atoms with Gasteiger partial charge in [0.2, 0.25) is 5.91 Å². The Balaban J connectivity index is 2.33. The third-order valence-electron chi connectivity index (χ3n) is 3.49. The fraction of sp³-hybridized carbons (Fsp3) is 0.917. The van der Waals surface area contributed by atoms with E-state index < -0.39 is 0 Å². The van der Waals surface area contributed by atoms with E-state index in [0.29, 0.717) is 18.6 Å². The van der Waals surface area contributed by atoms with Gasteiger partial charge in [-0.25, -0.2) is 0 Å². The summed E-state index contributed by atoms with van der Waals surface area (Å²) in [5, 5.41) is 3.07. The molecule has 0 bridgehead atoms. The molecule has 0 saturated heterocycles. The zero-order valence-corrected chi connectivity index (χ0v) is 10.1. The molecule has 1 rings (SSSR count). The van der Waals surface area contributed by atoms with Crippen LogP contribution in [0.3, 0.4) is 0 Å². The van der Waals surface area contributed by atoms with Crippen molar-refractivity contribution in [2.24, 2.45) is 11.8 Å². The zero-order valence-electron chi connectivity index (χ0n) is 10.1. The molecule has 88 valence electrons. The maximum atomic E-state index is 11.5. The number of nitrogens with one attached hydrogen (secondary N) is 1. The van der Waals surface area contributed by atoms with Gasteiger partial charge in [0, 0.05) is 12.6 Å². The van der Waals surface area contributed by atoms with E-state index in [1.807, 2.05) is 6.92 Å². The lowest BCUT2D eigenvalue weighted by Gasteiger charge is -2.34. The van der Waals surface area contributed by atoms with Gasteiger partial charge in [-0.15, -0.1) is 0 Å². The molecule has 1 saturated carbocycles. The second-order valence-electron chi connectivity index (χ2n) is 4.58. The Morgan fingerprint density at radius 2 is 2.13 bits per heavy atom. The van der Waals surface area contributed by atoms with Crippen LogP contribution < -0.4 is 5.32 Å². The third-order valence-corrected chi connectivity index (χ3v) is 3.49. The van der Waals surface area contributed by atoms with E-state index >= 15 is 0 Å². The third kappa shape index (κ3) is 3.82. The molecule has 1 amide bonds. The number of amides is 1. The van der Waals surface area contributed by atoms with E-state index in [1.165, 1.54) is 12.8 Å². The van der Waals surface area contributed by atoms with Gasteiger partial charge >= 0.3 is 0 Å². The summed E-state index contributed by atoms with van der Waals surface area (Å²) < 4.78 is 5.09. The predicted octanol–water partition coefficient (Wildman–Crippen LogP) is 1.96. The summed E-state index contributed by atoms with van der Waals surface area (Å²) >= 11 is 0. The molecule has 1 fully saturated rings. The second kappa shape index (κ2) is 6.11. The molecule has 1 aliphatic rings.